The number of nitrogens with zero attached hydrogens (tertiary/aromatic N) is 1. The predicted octanol–water partition coefficient (Wildman–Crippen LogP) is 0.650. The third-order valence-corrected chi connectivity index (χ3v) is 3.49. The van der Waals surface area contributed by atoms with Crippen LogP contribution in [0.5, 0.6) is 11.5 Å². The van der Waals surface area contributed by atoms with E-state index in [-0.39, 0.29) is 12.5 Å². The SMILES string of the molecule is COCCNC(=O)NC(=O)CN(C)CCc1ccc(OC)c(OC)c1. The van der Waals surface area contributed by atoms with Crippen molar-refractivity contribution < 1.29 is 23.8 Å². The first-order chi connectivity index (χ1) is 12.0. The Labute approximate surface area is 148 Å². The van der Waals surface area contributed by atoms with Crippen molar-refractivity contribution in [3.05, 3.63) is 23.8 Å². The summed E-state index contributed by atoms with van der Waals surface area (Å²) in [4.78, 5) is 25.1. The summed E-state index contributed by atoms with van der Waals surface area (Å²) in [6.45, 7) is 1.54. The van der Waals surface area contributed by atoms with Gasteiger partial charge in [0.05, 0.1) is 27.4 Å². The van der Waals surface area contributed by atoms with E-state index < -0.39 is 6.03 Å². The number of urea groups is 1. The van der Waals surface area contributed by atoms with Crippen LogP contribution in [-0.4, -0.2) is 71.5 Å². The van der Waals surface area contributed by atoms with Gasteiger partial charge in [-0.1, -0.05) is 6.07 Å². The van der Waals surface area contributed by atoms with Gasteiger partial charge in [0.15, 0.2) is 11.5 Å². The number of amides is 3. The van der Waals surface area contributed by atoms with Crippen molar-refractivity contribution in [2.45, 2.75) is 6.42 Å². The van der Waals surface area contributed by atoms with Crippen LogP contribution in [0.25, 0.3) is 0 Å². The molecule has 1 aromatic rings. The summed E-state index contributed by atoms with van der Waals surface area (Å²) in [6, 6.07) is 5.20. The lowest BCUT2D eigenvalue weighted by Crippen LogP contribution is -2.44. The molecule has 0 saturated heterocycles. The molecule has 3 amide bonds. The molecule has 0 spiro atoms. The minimum absolute atomic E-state index is 0.130. The zero-order valence-corrected chi connectivity index (χ0v) is 15.3. The third-order valence-electron chi connectivity index (χ3n) is 3.49. The normalized spacial score (nSPS) is 10.4. The second-order valence-electron chi connectivity index (χ2n) is 5.47. The first kappa shape index (κ1) is 20.7. The fourth-order valence-corrected chi connectivity index (χ4v) is 2.16. The molecule has 0 aliphatic rings. The molecule has 8 heteroatoms. The molecule has 140 valence electrons. The van der Waals surface area contributed by atoms with Gasteiger partial charge in [0, 0.05) is 20.2 Å². The fourth-order valence-electron chi connectivity index (χ4n) is 2.16. The van der Waals surface area contributed by atoms with Crippen molar-refractivity contribution in [3.63, 3.8) is 0 Å². The van der Waals surface area contributed by atoms with Crippen LogP contribution in [0.1, 0.15) is 5.56 Å². The molecule has 0 heterocycles. The molecular formula is C17H27N3O5. The lowest BCUT2D eigenvalue weighted by atomic mass is 10.1. The van der Waals surface area contributed by atoms with Gasteiger partial charge in [-0.25, -0.2) is 4.79 Å². The van der Waals surface area contributed by atoms with Crippen LogP contribution in [0.3, 0.4) is 0 Å². The van der Waals surface area contributed by atoms with Crippen molar-refractivity contribution in [2.24, 2.45) is 0 Å². The predicted molar refractivity (Wildman–Crippen MR) is 94.2 cm³/mol. The van der Waals surface area contributed by atoms with Gasteiger partial charge in [-0.2, -0.15) is 0 Å². The average Bonchev–Trinajstić information content (AvgIpc) is 2.59. The van der Waals surface area contributed by atoms with Crippen molar-refractivity contribution >= 4 is 11.9 Å². The van der Waals surface area contributed by atoms with Crippen LogP contribution >= 0.6 is 0 Å². The molecule has 0 aliphatic heterocycles. The molecule has 1 rings (SSSR count). The fraction of sp³-hybridized carbons (Fsp3) is 0.529. The highest BCUT2D eigenvalue weighted by Gasteiger charge is 2.11. The maximum atomic E-state index is 11.8. The van der Waals surface area contributed by atoms with Gasteiger partial charge in [-0.15, -0.1) is 0 Å². The summed E-state index contributed by atoms with van der Waals surface area (Å²) in [6.07, 6.45) is 0.740. The molecule has 0 unspecified atom stereocenters. The van der Waals surface area contributed by atoms with Gasteiger partial charge in [-0.05, 0) is 31.2 Å². The van der Waals surface area contributed by atoms with Crippen molar-refractivity contribution in [1.82, 2.24) is 15.5 Å². The van der Waals surface area contributed by atoms with Gasteiger partial charge in [0.1, 0.15) is 0 Å². The minimum Gasteiger partial charge on any atom is -0.493 e. The number of imide groups is 1. The number of methoxy groups -OCH3 is 3. The Morgan fingerprint density at radius 2 is 1.84 bits per heavy atom. The number of nitrogens with one attached hydrogen (secondary N) is 2. The smallest absolute Gasteiger partial charge is 0.321 e. The Hall–Kier alpha value is -2.32. The molecule has 0 aliphatic carbocycles. The minimum atomic E-state index is -0.518. The van der Waals surface area contributed by atoms with Crippen molar-refractivity contribution in [2.75, 3.05) is 54.6 Å². The Morgan fingerprint density at radius 3 is 2.48 bits per heavy atom. The molecule has 8 nitrogen and oxygen atoms in total. The van der Waals surface area contributed by atoms with Gasteiger partial charge < -0.3 is 19.5 Å². The lowest BCUT2D eigenvalue weighted by Gasteiger charge is -2.16. The number of hydrogen-bond acceptors (Lipinski definition) is 6. The number of carbonyl (C=O) groups is 2. The molecule has 0 aromatic heterocycles. The topological polar surface area (TPSA) is 89.1 Å². The van der Waals surface area contributed by atoms with E-state index in [0.717, 1.165) is 12.0 Å². The van der Waals surface area contributed by atoms with Crippen molar-refractivity contribution in [1.29, 1.82) is 0 Å². The summed E-state index contributed by atoms with van der Waals surface area (Å²) in [5.41, 5.74) is 1.07. The standard InChI is InChI=1S/C17H27N3O5/c1-20(12-16(21)19-17(22)18-8-10-23-2)9-7-13-5-6-14(24-3)15(11-13)25-4/h5-6,11H,7-10,12H2,1-4H3,(H2,18,19,21,22). The number of ether oxygens (including phenoxy) is 3. The molecule has 0 saturated carbocycles. The van der Waals surface area contributed by atoms with Gasteiger partial charge in [0.25, 0.3) is 0 Å². The number of rotatable bonds is 10. The largest absolute Gasteiger partial charge is 0.493 e. The average molecular weight is 353 g/mol. The van der Waals surface area contributed by atoms with Gasteiger partial charge in [-0.3, -0.25) is 15.0 Å². The third kappa shape index (κ3) is 7.86. The van der Waals surface area contributed by atoms with Crippen LogP contribution in [0.2, 0.25) is 0 Å². The van der Waals surface area contributed by atoms with E-state index in [9.17, 15) is 9.59 Å². The second kappa shape index (κ2) is 11.3. The lowest BCUT2D eigenvalue weighted by molar-refractivity contribution is -0.120. The number of carbonyl (C=O) groups excluding carboxylic acids is 2. The molecule has 1 aromatic carbocycles. The number of hydrogen-bond donors (Lipinski definition) is 2. The van der Waals surface area contributed by atoms with Crippen molar-refractivity contribution in [3.8, 4) is 11.5 Å². The van der Waals surface area contributed by atoms with E-state index in [4.69, 9.17) is 14.2 Å². The van der Waals surface area contributed by atoms with Crippen LogP contribution < -0.4 is 20.1 Å². The molecule has 0 fully saturated rings. The first-order valence-electron chi connectivity index (χ1n) is 7.96. The summed E-state index contributed by atoms with van der Waals surface area (Å²) >= 11 is 0. The zero-order chi connectivity index (χ0) is 18.7. The maximum absolute atomic E-state index is 11.8. The molecule has 0 radical (unpaired) electrons. The summed E-state index contributed by atoms with van der Waals surface area (Å²) in [7, 11) is 6.55. The van der Waals surface area contributed by atoms with Crippen LogP contribution in [-0.2, 0) is 16.0 Å². The molecule has 0 atom stereocenters. The van der Waals surface area contributed by atoms with Crippen LogP contribution in [0.4, 0.5) is 4.79 Å². The van der Waals surface area contributed by atoms with E-state index >= 15 is 0 Å². The van der Waals surface area contributed by atoms with Crippen LogP contribution in [0.15, 0.2) is 18.2 Å². The maximum Gasteiger partial charge on any atom is 0.321 e. The molecule has 2 N–H and O–H groups in total. The monoisotopic (exact) mass is 353 g/mol. The summed E-state index contributed by atoms with van der Waals surface area (Å²) in [5.74, 6) is 0.997. The van der Waals surface area contributed by atoms with E-state index in [1.54, 1.807) is 14.2 Å². The second-order valence-corrected chi connectivity index (χ2v) is 5.47. The quantitative estimate of drug-likeness (QED) is 0.601. The molecule has 0 bridgehead atoms. The molecular weight excluding hydrogens is 326 g/mol. The zero-order valence-electron chi connectivity index (χ0n) is 15.3. The van der Waals surface area contributed by atoms with Gasteiger partial charge >= 0.3 is 6.03 Å². The highest BCUT2D eigenvalue weighted by Crippen LogP contribution is 2.27. The number of likely N-dealkylation sites (N-methyl/N-ethyl adjacent to an activating group) is 1. The van der Waals surface area contributed by atoms with E-state index in [1.807, 2.05) is 30.1 Å². The summed E-state index contributed by atoms with van der Waals surface area (Å²) < 4.78 is 15.3. The van der Waals surface area contributed by atoms with Crippen LogP contribution in [0, 0.1) is 0 Å². The Morgan fingerprint density at radius 1 is 1.12 bits per heavy atom. The first-order valence-corrected chi connectivity index (χ1v) is 7.96. The Kier molecular flexibility index (Phi) is 9.34. The highest BCUT2D eigenvalue weighted by molar-refractivity contribution is 5.95. The van der Waals surface area contributed by atoms with E-state index in [0.29, 0.717) is 31.2 Å². The highest BCUT2D eigenvalue weighted by atomic mass is 16.5. The van der Waals surface area contributed by atoms with Gasteiger partial charge in [0.2, 0.25) is 5.91 Å². The van der Waals surface area contributed by atoms with E-state index in [2.05, 4.69) is 10.6 Å². The Balaban J connectivity index is 2.38. The molecule has 25 heavy (non-hydrogen) atoms. The number of benzene rings is 1. The van der Waals surface area contributed by atoms with E-state index in [1.165, 1.54) is 7.11 Å². The Bertz CT molecular complexity index is 565. The summed E-state index contributed by atoms with van der Waals surface area (Å²) in [5, 5.41) is 4.81.